The number of fused-ring (bicyclic) bond motifs is 1. The van der Waals surface area contributed by atoms with Crippen LogP contribution in [0.4, 0.5) is 10.5 Å². The van der Waals surface area contributed by atoms with E-state index in [1.165, 1.54) is 5.01 Å². The third-order valence-corrected chi connectivity index (χ3v) is 7.71. The second kappa shape index (κ2) is 10.4. The van der Waals surface area contributed by atoms with Crippen LogP contribution < -0.4 is 14.8 Å². The fourth-order valence-corrected chi connectivity index (χ4v) is 5.47. The molecule has 1 aliphatic heterocycles. The lowest BCUT2D eigenvalue weighted by molar-refractivity contribution is 0.184. The van der Waals surface area contributed by atoms with E-state index in [1.54, 1.807) is 27.5 Å². The van der Waals surface area contributed by atoms with Crippen LogP contribution in [0.15, 0.2) is 81.1 Å². The van der Waals surface area contributed by atoms with E-state index in [1.807, 2.05) is 73.7 Å². The van der Waals surface area contributed by atoms with Gasteiger partial charge in [-0.2, -0.15) is 9.46 Å². The highest BCUT2D eigenvalue weighted by Gasteiger charge is 2.28. The highest BCUT2D eigenvalue weighted by Crippen LogP contribution is 2.35. The molecule has 2 atom stereocenters. The van der Waals surface area contributed by atoms with Gasteiger partial charge >= 0.3 is 6.03 Å². The first-order valence-corrected chi connectivity index (χ1v) is 13.4. The number of nitrogens with one attached hydrogen (secondary N) is 1. The summed E-state index contributed by atoms with van der Waals surface area (Å²) in [5, 5.41) is 8.91. The minimum Gasteiger partial charge on any atom is -0.493 e. The summed E-state index contributed by atoms with van der Waals surface area (Å²) in [6.45, 7) is 1.94. The Morgan fingerprint density at radius 2 is 1.75 bits per heavy atom. The number of hydrogen-bond acceptors (Lipinski definition) is 6. The van der Waals surface area contributed by atoms with E-state index in [2.05, 4.69) is 9.68 Å². The van der Waals surface area contributed by atoms with Crippen molar-refractivity contribution in [3.05, 3.63) is 83.4 Å². The Morgan fingerprint density at radius 1 is 1.06 bits per heavy atom. The normalized spacial score (nSPS) is 16.6. The molecule has 3 aromatic rings. The van der Waals surface area contributed by atoms with Crippen molar-refractivity contribution in [2.45, 2.75) is 24.3 Å². The van der Waals surface area contributed by atoms with Gasteiger partial charge in [-0.25, -0.2) is 14.0 Å². The Bertz CT molecular complexity index is 1430. The van der Waals surface area contributed by atoms with Gasteiger partial charge in [0.15, 0.2) is 11.5 Å². The van der Waals surface area contributed by atoms with E-state index in [9.17, 15) is 9.00 Å². The van der Waals surface area contributed by atoms with Crippen LogP contribution in [0.5, 0.6) is 11.5 Å². The molecule has 3 aromatic carbocycles. The zero-order valence-corrected chi connectivity index (χ0v) is 21.8. The molecule has 9 heteroatoms. The van der Waals surface area contributed by atoms with Crippen molar-refractivity contribution in [3.8, 4) is 11.5 Å². The van der Waals surface area contributed by atoms with Crippen molar-refractivity contribution >= 4 is 27.2 Å². The number of benzene rings is 3. The van der Waals surface area contributed by atoms with Crippen LogP contribution in [0, 0.1) is 0 Å². The Kier molecular flexibility index (Phi) is 7.30. The molecule has 188 valence electrons. The Morgan fingerprint density at radius 3 is 2.42 bits per heavy atom. The van der Waals surface area contributed by atoms with Crippen LogP contribution in [0.3, 0.4) is 0 Å². The molecule has 0 saturated carbocycles. The lowest BCUT2D eigenvalue weighted by Crippen LogP contribution is -2.41. The van der Waals surface area contributed by atoms with Crippen molar-refractivity contribution in [1.29, 1.82) is 0 Å². The minimum absolute atomic E-state index is 0.209. The second-order valence-electron chi connectivity index (χ2n) is 8.52. The minimum atomic E-state index is -2.66. The monoisotopic (exact) mass is 506 g/mol. The van der Waals surface area contributed by atoms with Gasteiger partial charge in [0, 0.05) is 29.3 Å². The summed E-state index contributed by atoms with van der Waals surface area (Å²) in [6.07, 6.45) is 2.19. The number of methoxy groups -OCH3 is 2. The number of urea groups is 1. The van der Waals surface area contributed by atoms with E-state index in [4.69, 9.17) is 14.6 Å². The molecule has 0 radical (unpaired) electrons. The number of rotatable bonds is 5. The fraction of sp³-hybridized carbons (Fsp3) is 0.259. The van der Waals surface area contributed by atoms with Crippen LogP contribution in [0.25, 0.3) is 0 Å². The molecule has 0 unspecified atom stereocenters. The molecule has 36 heavy (non-hydrogen) atoms. The van der Waals surface area contributed by atoms with E-state index >= 15 is 0 Å². The number of hydrazone groups is 1. The molecule has 0 saturated heterocycles. The Hall–Kier alpha value is -3.85. The van der Waals surface area contributed by atoms with Gasteiger partial charge in [-0.3, -0.25) is 0 Å². The summed E-state index contributed by atoms with van der Waals surface area (Å²) in [4.78, 5) is 13.4. The number of carbonyl (C=O) groups excluding carboxylic acids is 1. The number of amides is 2. The summed E-state index contributed by atoms with van der Waals surface area (Å²) >= 11 is 0. The molecule has 4 rings (SSSR count). The topological polar surface area (TPSA) is 92.6 Å². The molecule has 0 spiro atoms. The van der Waals surface area contributed by atoms with E-state index < -0.39 is 9.73 Å². The SMILES string of the molecule is CNC(=O)N1N=C(c2cccc(N=[S@](C)(=O)c3ccccc3)c2)c2cc(OC)c(OC)cc2C[C@@H]1C. The van der Waals surface area contributed by atoms with Crippen LogP contribution in [0.1, 0.15) is 23.6 Å². The first kappa shape index (κ1) is 25.2. The van der Waals surface area contributed by atoms with Crippen molar-refractivity contribution in [2.24, 2.45) is 9.46 Å². The van der Waals surface area contributed by atoms with Crippen molar-refractivity contribution in [2.75, 3.05) is 27.5 Å². The second-order valence-corrected chi connectivity index (χ2v) is 10.8. The number of carbonyl (C=O) groups is 1. The fourth-order valence-electron chi connectivity index (χ4n) is 4.19. The maximum Gasteiger partial charge on any atom is 0.337 e. The molecule has 1 aliphatic rings. The third-order valence-electron chi connectivity index (χ3n) is 6.01. The first-order chi connectivity index (χ1) is 17.3. The standard InChI is InChI=1S/C27H30N4O4S/c1-18-14-20-16-24(34-3)25(35-4)17-23(20)26(29-31(18)27(32)28-2)19-10-9-11-21(15-19)30-36(5,33)22-12-7-6-8-13-22/h6-13,15-18H,14H2,1-5H3,(H,28,32)/t18-,36+/m0/s1. The van der Waals surface area contributed by atoms with Crippen LogP contribution in [0.2, 0.25) is 0 Å². The molecule has 0 fully saturated rings. The Balaban J connectivity index is 1.90. The van der Waals surface area contributed by atoms with Crippen molar-refractivity contribution in [1.82, 2.24) is 10.3 Å². The van der Waals surface area contributed by atoms with E-state index in [-0.39, 0.29) is 12.1 Å². The molecular formula is C27H30N4O4S. The summed E-state index contributed by atoms with van der Waals surface area (Å²) in [5.41, 5.74) is 3.66. The van der Waals surface area contributed by atoms with Gasteiger partial charge in [-0.15, -0.1) is 0 Å². The number of ether oxygens (including phenoxy) is 2. The molecule has 0 aliphatic carbocycles. The number of nitrogens with zero attached hydrogens (tertiary/aromatic N) is 3. The smallest absolute Gasteiger partial charge is 0.337 e. The van der Waals surface area contributed by atoms with Gasteiger partial charge in [0.2, 0.25) is 0 Å². The van der Waals surface area contributed by atoms with Gasteiger partial charge in [0.25, 0.3) is 0 Å². The lowest BCUT2D eigenvalue weighted by Gasteiger charge is -2.22. The van der Waals surface area contributed by atoms with Gasteiger partial charge in [-0.1, -0.05) is 30.3 Å². The largest absolute Gasteiger partial charge is 0.493 e. The molecule has 2 amide bonds. The number of hydrogen-bond donors (Lipinski definition) is 1. The molecule has 1 N–H and O–H groups in total. The third kappa shape index (κ3) is 5.06. The summed E-state index contributed by atoms with van der Waals surface area (Å²) in [7, 11) is 2.09. The summed E-state index contributed by atoms with van der Waals surface area (Å²) < 4.78 is 29.0. The quantitative estimate of drug-likeness (QED) is 0.536. The zero-order chi connectivity index (χ0) is 25.9. The van der Waals surface area contributed by atoms with Gasteiger partial charge in [-0.05, 0) is 55.3 Å². The molecule has 1 heterocycles. The van der Waals surface area contributed by atoms with Crippen LogP contribution in [-0.4, -0.2) is 54.5 Å². The average molecular weight is 507 g/mol. The van der Waals surface area contributed by atoms with Gasteiger partial charge in [0.05, 0.1) is 41.4 Å². The first-order valence-electron chi connectivity index (χ1n) is 11.5. The van der Waals surface area contributed by atoms with Gasteiger partial charge < -0.3 is 14.8 Å². The molecular weight excluding hydrogens is 476 g/mol. The molecule has 0 bridgehead atoms. The molecule has 0 aromatic heterocycles. The maximum absolute atomic E-state index is 13.4. The van der Waals surface area contributed by atoms with Crippen LogP contribution >= 0.6 is 0 Å². The predicted octanol–water partition coefficient (Wildman–Crippen LogP) is 4.83. The zero-order valence-electron chi connectivity index (χ0n) is 21.0. The van der Waals surface area contributed by atoms with Crippen LogP contribution in [-0.2, 0) is 16.1 Å². The molecule has 8 nitrogen and oxygen atoms in total. The van der Waals surface area contributed by atoms with Crippen molar-refractivity contribution in [3.63, 3.8) is 0 Å². The van der Waals surface area contributed by atoms with Gasteiger partial charge in [0.1, 0.15) is 0 Å². The highest BCUT2D eigenvalue weighted by atomic mass is 32.2. The summed E-state index contributed by atoms with van der Waals surface area (Å²) in [6, 6.07) is 19.9. The average Bonchev–Trinajstić information content (AvgIpc) is 3.03. The highest BCUT2D eigenvalue weighted by molar-refractivity contribution is 7.93. The maximum atomic E-state index is 13.4. The lowest BCUT2D eigenvalue weighted by atomic mass is 9.94. The predicted molar refractivity (Wildman–Crippen MR) is 142 cm³/mol. The Labute approximate surface area is 212 Å². The van der Waals surface area contributed by atoms with E-state index in [0.717, 1.165) is 16.7 Å². The van der Waals surface area contributed by atoms with E-state index in [0.29, 0.717) is 34.2 Å². The van der Waals surface area contributed by atoms with Crippen molar-refractivity contribution < 1.29 is 18.5 Å². The summed E-state index contributed by atoms with van der Waals surface area (Å²) in [5.74, 6) is 1.17.